The van der Waals surface area contributed by atoms with Crippen LogP contribution in [0.15, 0.2) is 42.2 Å². The minimum atomic E-state index is -0.303. The number of rotatable bonds is 7. The number of aromatic hydroxyl groups is 1. The number of amides is 1. The molecule has 1 amide bonds. The summed E-state index contributed by atoms with van der Waals surface area (Å²) < 4.78 is 0. The molecule has 0 aliphatic heterocycles. The largest absolute Gasteiger partial charge is 0.505 e. The second-order valence-electron chi connectivity index (χ2n) is 6.05. The maximum Gasteiger partial charge on any atom is 0.257 e. The zero-order chi connectivity index (χ0) is 17.9. The number of benzene rings is 1. The first-order valence-corrected chi connectivity index (χ1v) is 7.79. The molecule has 0 heterocycles. The number of allylic oxidation sites excluding steroid dienone is 2. The van der Waals surface area contributed by atoms with Crippen molar-refractivity contribution < 1.29 is 14.7 Å². The van der Waals surface area contributed by atoms with Gasteiger partial charge in [0.05, 0.1) is 17.7 Å². The Hall–Kier alpha value is -2.76. The molecule has 0 spiro atoms. The van der Waals surface area contributed by atoms with Crippen molar-refractivity contribution in [3.63, 3.8) is 0 Å². The van der Waals surface area contributed by atoms with Crippen molar-refractivity contribution in [2.24, 2.45) is 0 Å². The maximum atomic E-state index is 12.1. The molecular weight excluding hydrogens is 306 g/mol. The lowest BCUT2D eigenvalue weighted by Gasteiger charge is -2.27. The molecule has 1 aromatic rings. The van der Waals surface area contributed by atoms with Crippen LogP contribution in [0, 0.1) is 0 Å². The van der Waals surface area contributed by atoms with Gasteiger partial charge in [0, 0.05) is 25.8 Å². The monoisotopic (exact) mass is 329 g/mol. The van der Waals surface area contributed by atoms with Crippen LogP contribution in [0.5, 0.6) is 5.75 Å². The molecule has 6 nitrogen and oxygen atoms in total. The summed E-state index contributed by atoms with van der Waals surface area (Å²) in [7, 11) is 3.23. The van der Waals surface area contributed by atoms with Crippen molar-refractivity contribution in [3.05, 3.63) is 47.8 Å². The van der Waals surface area contributed by atoms with Crippen LogP contribution in [0.4, 0.5) is 5.69 Å². The molecule has 0 aromatic heterocycles. The highest BCUT2D eigenvalue weighted by Crippen LogP contribution is 2.32. The Balaban J connectivity index is 2.24. The van der Waals surface area contributed by atoms with Gasteiger partial charge in [-0.05, 0) is 25.5 Å². The number of phenolic OH excluding ortho intramolecular Hbond substituents is 1. The van der Waals surface area contributed by atoms with E-state index in [1.165, 1.54) is 4.90 Å². The van der Waals surface area contributed by atoms with Gasteiger partial charge in [0.25, 0.3) is 5.91 Å². The first kappa shape index (κ1) is 17.6. The smallest absolute Gasteiger partial charge is 0.257 e. The van der Waals surface area contributed by atoms with Gasteiger partial charge >= 0.3 is 0 Å². The second-order valence-corrected chi connectivity index (χ2v) is 6.05. The molecule has 0 fully saturated rings. The second kappa shape index (κ2) is 7.21. The first-order chi connectivity index (χ1) is 11.3. The zero-order valence-corrected chi connectivity index (χ0v) is 14.2. The molecule has 1 aliphatic carbocycles. The van der Waals surface area contributed by atoms with Crippen LogP contribution >= 0.6 is 0 Å². The summed E-state index contributed by atoms with van der Waals surface area (Å²) in [4.78, 5) is 25.3. The number of nitrogens with zero attached hydrogens (tertiary/aromatic N) is 1. The van der Waals surface area contributed by atoms with Crippen LogP contribution in [0.25, 0.3) is 0 Å². The third-order valence-corrected chi connectivity index (χ3v) is 3.79. The van der Waals surface area contributed by atoms with E-state index in [0.717, 1.165) is 12.1 Å². The van der Waals surface area contributed by atoms with E-state index in [2.05, 4.69) is 17.2 Å². The highest BCUT2D eigenvalue weighted by atomic mass is 16.3. The summed E-state index contributed by atoms with van der Waals surface area (Å²) in [6, 6.07) is 5.00. The van der Waals surface area contributed by atoms with Crippen LogP contribution in [-0.4, -0.2) is 41.8 Å². The molecule has 24 heavy (non-hydrogen) atoms. The van der Waals surface area contributed by atoms with E-state index < -0.39 is 0 Å². The average molecular weight is 329 g/mol. The molecule has 128 valence electrons. The van der Waals surface area contributed by atoms with Crippen LogP contribution in [0.1, 0.15) is 30.1 Å². The number of nitrogens with one attached hydrogen (secondary N) is 2. The number of anilines is 1. The van der Waals surface area contributed by atoms with Crippen molar-refractivity contribution in [2.75, 3.05) is 19.4 Å². The Morgan fingerprint density at radius 2 is 2.17 bits per heavy atom. The van der Waals surface area contributed by atoms with Crippen molar-refractivity contribution in [3.8, 4) is 5.75 Å². The number of para-hydroxylation sites is 1. The quantitative estimate of drug-likeness (QED) is 0.528. The number of phenols is 1. The Morgan fingerprint density at radius 1 is 1.46 bits per heavy atom. The number of hydrogen-bond acceptors (Lipinski definition) is 5. The van der Waals surface area contributed by atoms with Gasteiger partial charge in [-0.25, -0.2) is 0 Å². The van der Waals surface area contributed by atoms with Gasteiger partial charge in [0.1, 0.15) is 5.70 Å². The van der Waals surface area contributed by atoms with Crippen molar-refractivity contribution in [2.45, 2.75) is 25.8 Å². The lowest BCUT2D eigenvalue weighted by atomic mass is 9.97. The van der Waals surface area contributed by atoms with Crippen LogP contribution in [-0.2, 0) is 4.79 Å². The predicted molar refractivity (Wildman–Crippen MR) is 93.8 cm³/mol. The minimum absolute atomic E-state index is 0.0351. The fourth-order valence-electron chi connectivity index (χ4n) is 2.47. The van der Waals surface area contributed by atoms with Crippen molar-refractivity contribution in [1.29, 1.82) is 0 Å². The van der Waals surface area contributed by atoms with Crippen LogP contribution in [0.2, 0.25) is 0 Å². The topological polar surface area (TPSA) is 81.7 Å². The first-order valence-electron chi connectivity index (χ1n) is 7.79. The van der Waals surface area contributed by atoms with E-state index in [1.54, 1.807) is 32.3 Å². The molecule has 1 atom stereocenters. The molecule has 0 radical (unpaired) electrons. The number of hydrogen-bond donors (Lipinski definition) is 3. The Morgan fingerprint density at radius 3 is 2.75 bits per heavy atom. The molecule has 1 aliphatic rings. The van der Waals surface area contributed by atoms with E-state index >= 15 is 0 Å². The number of Topliss-reactive ketones (excluding diaryl/α,β-unsaturated/α-hetero) is 1. The highest BCUT2D eigenvalue weighted by molar-refractivity contribution is 6.07. The molecular formula is C18H23N3O3. The molecule has 1 aromatic carbocycles. The van der Waals surface area contributed by atoms with Gasteiger partial charge < -0.3 is 20.6 Å². The van der Waals surface area contributed by atoms with Crippen LogP contribution < -0.4 is 10.6 Å². The summed E-state index contributed by atoms with van der Waals surface area (Å²) in [6.07, 6.45) is 2.93. The Labute approximate surface area is 141 Å². The number of carbonyl (C=O) groups is 2. The maximum absolute atomic E-state index is 12.1. The van der Waals surface area contributed by atoms with E-state index in [9.17, 15) is 14.7 Å². The normalized spacial score (nSPS) is 14.7. The third kappa shape index (κ3) is 3.59. The van der Waals surface area contributed by atoms with E-state index in [-0.39, 0.29) is 29.0 Å². The van der Waals surface area contributed by atoms with E-state index in [4.69, 9.17) is 0 Å². The fraction of sp³-hybridized carbons (Fsp3) is 0.333. The van der Waals surface area contributed by atoms with Gasteiger partial charge in [0.2, 0.25) is 0 Å². The molecule has 0 bridgehead atoms. The van der Waals surface area contributed by atoms with Gasteiger partial charge in [0.15, 0.2) is 11.5 Å². The molecule has 0 saturated heterocycles. The highest BCUT2D eigenvalue weighted by Gasteiger charge is 2.29. The average Bonchev–Trinajstić information content (AvgIpc) is 2.53. The Bertz CT molecular complexity index is 707. The summed E-state index contributed by atoms with van der Waals surface area (Å²) in [5, 5.41) is 16.5. The summed E-state index contributed by atoms with van der Waals surface area (Å²) in [5.41, 5.74) is 1.75. The third-order valence-electron chi connectivity index (χ3n) is 3.79. The lowest BCUT2D eigenvalue weighted by molar-refractivity contribution is -0.116. The summed E-state index contributed by atoms with van der Waals surface area (Å²) in [5.74, 6) is -0.503. The zero-order valence-electron chi connectivity index (χ0n) is 14.2. The SMILES string of the molecule is C=CCC(C)NC1=C(Nc2cccc(C(=O)N(C)C)c2O)C(=O)C1. The van der Waals surface area contributed by atoms with Gasteiger partial charge in [-0.1, -0.05) is 12.1 Å². The van der Waals surface area contributed by atoms with Crippen molar-refractivity contribution >= 4 is 17.4 Å². The molecule has 3 N–H and O–H groups in total. The summed E-state index contributed by atoms with van der Waals surface area (Å²) >= 11 is 0. The minimum Gasteiger partial charge on any atom is -0.505 e. The molecule has 6 heteroatoms. The van der Waals surface area contributed by atoms with Crippen molar-refractivity contribution in [1.82, 2.24) is 10.2 Å². The van der Waals surface area contributed by atoms with E-state index in [1.807, 2.05) is 13.0 Å². The molecule has 1 unspecified atom stereocenters. The summed E-state index contributed by atoms with van der Waals surface area (Å²) in [6.45, 7) is 5.70. The number of carbonyl (C=O) groups excluding carboxylic acids is 2. The lowest BCUT2D eigenvalue weighted by Crippen LogP contribution is -2.36. The van der Waals surface area contributed by atoms with Gasteiger partial charge in [-0.15, -0.1) is 6.58 Å². The number of ketones is 1. The van der Waals surface area contributed by atoms with E-state index in [0.29, 0.717) is 17.8 Å². The molecule has 2 rings (SSSR count). The van der Waals surface area contributed by atoms with Gasteiger partial charge in [-0.2, -0.15) is 0 Å². The Kier molecular flexibility index (Phi) is 5.28. The van der Waals surface area contributed by atoms with Crippen LogP contribution in [0.3, 0.4) is 0 Å². The molecule has 0 saturated carbocycles. The fourth-order valence-corrected chi connectivity index (χ4v) is 2.47. The van der Waals surface area contributed by atoms with Gasteiger partial charge in [-0.3, -0.25) is 9.59 Å². The standard InChI is InChI=1S/C18H23N3O3/c1-5-7-11(2)19-14-10-15(22)16(14)20-13-9-6-8-12(17(13)23)18(24)21(3)4/h5-6,8-9,11,19-20,23H,1,7,10H2,2-4H3. The predicted octanol–water partition coefficient (Wildman–Crippen LogP) is 2.24.